The van der Waals surface area contributed by atoms with E-state index < -0.39 is 43.8 Å². The van der Waals surface area contributed by atoms with Crippen LogP contribution in [0, 0.1) is 5.82 Å². The predicted molar refractivity (Wildman–Crippen MR) is 150 cm³/mol. The molecule has 2 aromatic carbocycles. The van der Waals surface area contributed by atoms with Crippen molar-refractivity contribution in [2.75, 3.05) is 31.4 Å². The zero-order valence-corrected chi connectivity index (χ0v) is 24.1. The maximum Gasteiger partial charge on any atom is 0.416 e. The molecule has 12 heteroatoms. The second-order valence-corrected chi connectivity index (χ2v) is 12.2. The molecule has 7 nitrogen and oxygen atoms in total. The third-order valence-corrected chi connectivity index (χ3v) is 8.22. The third-order valence-electron chi connectivity index (χ3n) is 7.13. The van der Waals surface area contributed by atoms with Gasteiger partial charge < -0.3 is 14.4 Å². The highest BCUT2D eigenvalue weighted by Crippen LogP contribution is 2.38. The maximum atomic E-state index is 14.0. The van der Waals surface area contributed by atoms with Crippen LogP contribution in [0.25, 0.3) is 11.1 Å². The average molecular weight is 609 g/mol. The van der Waals surface area contributed by atoms with Gasteiger partial charge in [0.05, 0.1) is 35.6 Å². The first-order valence-electron chi connectivity index (χ1n) is 13.5. The van der Waals surface area contributed by atoms with Crippen LogP contribution in [-0.2, 0) is 20.8 Å². The lowest BCUT2D eigenvalue weighted by Gasteiger charge is -2.27. The number of carbonyl (C=O) groups is 1. The molecule has 1 fully saturated rings. The Balaban J connectivity index is 1.77. The van der Waals surface area contributed by atoms with Crippen molar-refractivity contribution >= 4 is 21.4 Å². The first kappa shape index (κ1) is 31.4. The smallest absolute Gasteiger partial charge is 0.416 e. The quantitative estimate of drug-likeness (QED) is 0.188. The highest BCUT2D eigenvalue weighted by atomic mass is 32.2. The van der Waals surface area contributed by atoms with E-state index in [0.717, 1.165) is 38.0 Å². The molecule has 1 atom stereocenters. The molecule has 0 saturated carbocycles. The molecule has 42 heavy (non-hydrogen) atoms. The molecule has 1 unspecified atom stereocenters. The van der Waals surface area contributed by atoms with Crippen LogP contribution in [0.2, 0.25) is 0 Å². The number of benzene rings is 2. The van der Waals surface area contributed by atoms with Gasteiger partial charge in [0.25, 0.3) is 5.91 Å². The second kappa shape index (κ2) is 13.2. The van der Waals surface area contributed by atoms with Crippen molar-refractivity contribution in [1.29, 1.82) is 0 Å². The summed E-state index contributed by atoms with van der Waals surface area (Å²) in [5.41, 5.74) is -0.581. The van der Waals surface area contributed by atoms with E-state index in [1.54, 1.807) is 6.07 Å². The molecule has 2 heterocycles. The molecular weight excluding hydrogens is 576 g/mol. The highest BCUT2D eigenvalue weighted by molar-refractivity contribution is 7.90. The number of aromatic nitrogens is 1. The number of halogens is 4. The van der Waals surface area contributed by atoms with Gasteiger partial charge in [-0.05, 0) is 74.9 Å². The topological polar surface area (TPSA) is 85.8 Å². The van der Waals surface area contributed by atoms with Crippen LogP contribution in [0.4, 0.5) is 23.2 Å². The van der Waals surface area contributed by atoms with Gasteiger partial charge in [0.1, 0.15) is 11.6 Å². The lowest BCUT2D eigenvalue weighted by Crippen LogP contribution is -2.33. The summed E-state index contributed by atoms with van der Waals surface area (Å²) in [4.78, 5) is 18.8. The summed E-state index contributed by atoms with van der Waals surface area (Å²) in [6.07, 6.45) is 3.83. The van der Waals surface area contributed by atoms with Crippen LogP contribution in [0.5, 0.6) is 5.75 Å². The Kier molecular flexibility index (Phi) is 9.88. The van der Waals surface area contributed by atoms with Gasteiger partial charge in [-0.3, -0.25) is 9.78 Å². The summed E-state index contributed by atoms with van der Waals surface area (Å²) in [6.45, 7) is 0.796. The molecular formula is C30H32F4N2O5S. The molecule has 0 spiro atoms. The summed E-state index contributed by atoms with van der Waals surface area (Å²) in [6, 6.07) is 7.58. The third kappa shape index (κ3) is 7.65. The van der Waals surface area contributed by atoms with Gasteiger partial charge in [-0.2, -0.15) is 13.2 Å². The van der Waals surface area contributed by atoms with Crippen molar-refractivity contribution in [3.8, 4) is 16.9 Å². The van der Waals surface area contributed by atoms with Gasteiger partial charge in [0.15, 0.2) is 9.84 Å². The Morgan fingerprint density at radius 2 is 1.88 bits per heavy atom. The van der Waals surface area contributed by atoms with Gasteiger partial charge in [0.2, 0.25) is 0 Å². The van der Waals surface area contributed by atoms with E-state index >= 15 is 0 Å². The minimum Gasteiger partial charge on any atom is -0.496 e. The number of hydrogen-bond acceptors (Lipinski definition) is 6. The van der Waals surface area contributed by atoms with Crippen molar-refractivity contribution in [3.05, 3.63) is 71.8 Å². The molecule has 4 rings (SSSR count). The predicted octanol–water partition coefficient (Wildman–Crippen LogP) is 6.70. The van der Waals surface area contributed by atoms with Crippen molar-refractivity contribution in [2.24, 2.45) is 0 Å². The largest absolute Gasteiger partial charge is 0.496 e. The van der Waals surface area contributed by atoms with E-state index in [1.165, 1.54) is 42.6 Å². The number of methoxy groups -OCH3 is 1. The fourth-order valence-corrected chi connectivity index (χ4v) is 5.66. The average Bonchev–Trinajstić information content (AvgIpc) is 2.96. The molecule has 1 aliphatic rings. The number of unbranched alkanes of at least 4 members (excludes halogenated alkanes) is 1. The van der Waals surface area contributed by atoms with Crippen LogP contribution in [0.1, 0.15) is 54.4 Å². The molecule has 0 N–H and O–H groups in total. The van der Waals surface area contributed by atoms with E-state index in [4.69, 9.17) is 9.47 Å². The zero-order chi connectivity index (χ0) is 30.5. The van der Waals surface area contributed by atoms with Gasteiger partial charge in [-0.25, -0.2) is 12.8 Å². The minimum atomic E-state index is -4.89. The van der Waals surface area contributed by atoms with E-state index in [-0.39, 0.29) is 24.1 Å². The van der Waals surface area contributed by atoms with Crippen LogP contribution in [0.3, 0.4) is 0 Å². The number of hydrogen-bond donors (Lipinski definition) is 0. The standard InChI is InChI=1S/C30H32F4N2O5S/c1-40-28-18-22(31)9-10-26(28)25-11-12-35-19-27(25)36(13-5-3-7-23-8-4-6-14-41-23)29(37)20-15-21(30(32,33)34)17-24(16-20)42(2,38)39/h9-12,15-19,23H,3-8,13-14H2,1-2H3. The van der Waals surface area contributed by atoms with Crippen LogP contribution in [0.15, 0.2) is 59.8 Å². The number of rotatable bonds is 10. The molecule has 0 radical (unpaired) electrons. The molecule has 0 bridgehead atoms. The summed E-state index contributed by atoms with van der Waals surface area (Å²) < 4.78 is 91.0. The van der Waals surface area contributed by atoms with Crippen molar-refractivity contribution in [1.82, 2.24) is 4.98 Å². The van der Waals surface area contributed by atoms with Crippen molar-refractivity contribution in [2.45, 2.75) is 55.7 Å². The highest BCUT2D eigenvalue weighted by Gasteiger charge is 2.34. The van der Waals surface area contributed by atoms with Crippen molar-refractivity contribution < 1.29 is 40.2 Å². The number of anilines is 1. The van der Waals surface area contributed by atoms with Gasteiger partial charge in [-0.1, -0.05) is 0 Å². The summed E-state index contributed by atoms with van der Waals surface area (Å²) in [5, 5.41) is 0. The number of amides is 1. The Morgan fingerprint density at radius 3 is 2.55 bits per heavy atom. The molecule has 3 aromatic rings. The Bertz CT molecular complexity index is 1520. The molecule has 1 amide bonds. The first-order chi connectivity index (χ1) is 19.9. The lowest BCUT2D eigenvalue weighted by atomic mass is 10.0. The number of sulfone groups is 1. The monoisotopic (exact) mass is 608 g/mol. The Morgan fingerprint density at radius 1 is 1.10 bits per heavy atom. The first-order valence-corrected chi connectivity index (χ1v) is 15.4. The number of pyridine rings is 1. The van der Waals surface area contributed by atoms with Gasteiger partial charge >= 0.3 is 6.18 Å². The Hall–Kier alpha value is -3.51. The SMILES string of the molecule is COc1cc(F)ccc1-c1ccncc1N(CCCCC1CCCCO1)C(=O)c1cc(C(F)(F)F)cc(S(C)(=O)=O)c1. The van der Waals surface area contributed by atoms with E-state index in [2.05, 4.69) is 4.98 Å². The summed E-state index contributed by atoms with van der Waals surface area (Å²) in [7, 11) is -2.71. The number of ether oxygens (including phenoxy) is 2. The number of nitrogens with zero attached hydrogens (tertiary/aromatic N) is 2. The number of alkyl halides is 3. The molecule has 226 valence electrons. The zero-order valence-electron chi connectivity index (χ0n) is 23.3. The fraction of sp³-hybridized carbons (Fsp3) is 0.400. The molecule has 1 aromatic heterocycles. The van der Waals surface area contributed by atoms with Gasteiger partial charge in [-0.15, -0.1) is 0 Å². The van der Waals surface area contributed by atoms with E-state index in [9.17, 15) is 30.8 Å². The minimum absolute atomic E-state index is 0.0954. The van der Waals surface area contributed by atoms with E-state index in [1.807, 2.05) is 0 Å². The van der Waals surface area contributed by atoms with E-state index in [0.29, 0.717) is 42.7 Å². The normalized spacial score (nSPS) is 15.8. The van der Waals surface area contributed by atoms with Crippen LogP contribution < -0.4 is 9.64 Å². The molecule has 0 aliphatic carbocycles. The summed E-state index contributed by atoms with van der Waals surface area (Å²) in [5.74, 6) is -1.20. The number of carbonyl (C=O) groups excluding carboxylic acids is 1. The molecule has 1 saturated heterocycles. The van der Waals surface area contributed by atoms with Gasteiger partial charge in [0, 0.05) is 48.4 Å². The lowest BCUT2D eigenvalue weighted by molar-refractivity contribution is -0.137. The molecule has 1 aliphatic heterocycles. The van der Waals surface area contributed by atoms with Crippen LogP contribution in [-0.4, -0.2) is 51.9 Å². The second-order valence-electron chi connectivity index (χ2n) is 10.2. The fourth-order valence-electron chi connectivity index (χ4n) is 4.98. The maximum absolute atomic E-state index is 14.0. The summed E-state index contributed by atoms with van der Waals surface area (Å²) >= 11 is 0. The Labute approximate surface area is 242 Å². The van der Waals surface area contributed by atoms with Crippen molar-refractivity contribution in [3.63, 3.8) is 0 Å². The van der Waals surface area contributed by atoms with Crippen LogP contribution >= 0.6 is 0 Å².